The predicted molar refractivity (Wildman–Crippen MR) is 87.9 cm³/mol. The lowest BCUT2D eigenvalue weighted by molar-refractivity contribution is -0.938. The lowest BCUT2D eigenvalue weighted by Crippen LogP contribution is -2.60. The fourth-order valence-corrected chi connectivity index (χ4v) is 4.83. The SMILES string of the molecule is C[N+]1(C)C2CC(OC(=O)C(O)(c3ccco3)c3ccco3)CC1C1OC12. The fraction of sp³-hybridized carbons (Fsp3) is 0.526. The first-order chi connectivity index (χ1) is 12.4. The van der Waals surface area contributed by atoms with Gasteiger partial charge in [-0.2, -0.15) is 0 Å². The van der Waals surface area contributed by atoms with Crippen molar-refractivity contribution in [1.82, 2.24) is 0 Å². The highest BCUT2D eigenvalue weighted by Gasteiger charge is 2.71. The Morgan fingerprint density at radius 1 is 1.12 bits per heavy atom. The van der Waals surface area contributed by atoms with Gasteiger partial charge in [-0.1, -0.05) is 0 Å². The standard InChI is InChI=1S/C19H22NO6/c1-20(2)12-9-11(10-13(20)17-16(12)26-17)25-18(21)19(22,14-5-3-7-23-14)15-6-4-8-24-15/h3-8,11-13,16-17,22H,9-10H2,1-2H3/q+1. The molecular formula is C19H22NO6+. The first-order valence-electron chi connectivity index (χ1n) is 8.92. The van der Waals surface area contributed by atoms with Crippen molar-refractivity contribution in [3.63, 3.8) is 0 Å². The summed E-state index contributed by atoms with van der Waals surface area (Å²) in [4.78, 5) is 13.0. The first kappa shape index (κ1) is 16.1. The molecule has 0 amide bonds. The second kappa shape index (κ2) is 5.22. The molecule has 26 heavy (non-hydrogen) atoms. The van der Waals surface area contributed by atoms with E-state index in [4.69, 9.17) is 18.3 Å². The van der Waals surface area contributed by atoms with E-state index in [1.54, 1.807) is 12.1 Å². The highest BCUT2D eigenvalue weighted by Crippen LogP contribution is 2.51. The normalized spacial score (nSPS) is 34.3. The zero-order valence-electron chi connectivity index (χ0n) is 14.7. The van der Waals surface area contributed by atoms with E-state index in [1.165, 1.54) is 24.7 Å². The molecule has 2 bridgehead atoms. The van der Waals surface area contributed by atoms with Gasteiger partial charge in [-0.05, 0) is 24.3 Å². The van der Waals surface area contributed by atoms with Gasteiger partial charge in [-0.15, -0.1) is 0 Å². The molecule has 4 atom stereocenters. The second-order valence-electron chi connectivity index (χ2n) is 7.99. The number of hydrogen-bond acceptors (Lipinski definition) is 6. The van der Waals surface area contributed by atoms with E-state index in [-0.39, 0.29) is 29.8 Å². The van der Waals surface area contributed by atoms with Crippen molar-refractivity contribution in [3.05, 3.63) is 48.3 Å². The van der Waals surface area contributed by atoms with Crippen molar-refractivity contribution in [2.45, 2.75) is 48.8 Å². The number of carbonyl (C=O) groups is 1. The smallest absolute Gasteiger partial charge is 0.354 e. The Bertz CT molecular complexity index is 757. The van der Waals surface area contributed by atoms with Gasteiger partial charge in [0.25, 0.3) is 5.60 Å². The number of furan rings is 2. The van der Waals surface area contributed by atoms with E-state index < -0.39 is 11.6 Å². The quantitative estimate of drug-likeness (QED) is 0.504. The lowest BCUT2D eigenvalue weighted by Gasteiger charge is -2.45. The summed E-state index contributed by atoms with van der Waals surface area (Å²) in [5.74, 6) is -0.606. The van der Waals surface area contributed by atoms with Gasteiger partial charge in [0, 0.05) is 12.8 Å². The molecule has 1 N–H and O–H groups in total. The van der Waals surface area contributed by atoms with Crippen molar-refractivity contribution >= 4 is 5.97 Å². The van der Waals surface area contributed by atoms with E-state index in [0.29, 0.717) is 12.1 Å². The average molecular weight is 360 g/mol. The van der Waals surface area contributed by atoms with Crippen molar-refractivity contribution in [1.29, 1.82) is 0 Å². The van der Waals surface area contributed by atoms with Crippen LogP contribution in [-0.2, 0) is 19.9 Å². The number of quaternary nitrogens is 1. The van der Waals surface area contributed by atoms with Gasteiger partial charge < -0.3 is 27.9 Å². The summed E-state index contributed by atoms with van der Waals surface area (Å²) in [5.41, 5.74) is -2.09. The topological polar surface area (TPSA) is 85.3 Å². The minimum atomic E-state index is -2.09. The Morgan fingerprint density at radius 3 is 2.12 bits per heavy atom. The Labute approximate surface area is 150 Å². The van der Waals surface area contributed by atoms with Crippen LogP contribution in [0.5, 0.6) is 0 Å². The second-order valence-corrected chi connectivity index (χ2v) is 7.99. The third-order valence-corrected chi connectivity index (χ3v) is 6.36. The zero-order valence-corrected chi connectivity index (χ0v) is 14.7. The van der Waals surface area contributed by atoms with Crippen LogP contribution in [0.25, 0.3) is 0 Å². The van der Waals surface area contributed by atoms with Crippen molar-refractivity contribution in [2.75, 3.05) is 14.1 Å². The molecule has 0 spiro atoms. The molecule has 5 heterocycles. The van der Waals surface area contributed by atoms with Crippen LogP contribution in [0.15, 0.2) is 45.6 Å². The van der Waals surface area contributed by atoms with E-state index >= 15 is 0 Å². The molecule has 3 saturated heterocycles. The molecule has 138 valence electrons. The maximum Gasteiger partial charge on any atom is 0.354 e. The fourth-order valence-electron chi connectivity index (χ4n) is 4.83. The molecular weight excluding hydrogens is 338 g/mol. The number of fused-ring (bicyclic) bond motifs is 5. The van der Waals surface area contributed by atoms with Crippen LogP contribution >= 0.6 is 0 Å². The highest BCUT2D eigenvalue weighted by atomic mass is 16.6. The minimum Gasteiger partial charge on any atom is -0.465 e. The summed E-state index contributed by atoms with van der Waals surface area (Å²) in [6.45, 7) is 0. The number of ether oxygens (including phenoxy) is 2. The number of esters is 1. The van der Waals surface area contributed by atoms with Crippen LogP contribution in [0, 0.1) is 0 Å². The van der Waals surface area contributed by atoms with Crippen LogP contribution in [0.1, 0.15) is 24.4 Å². The molecule has 0 radical (unpaired) electrons. The Hall–Kier alpha value is -2.09. The maximum absolute atomic E-state index is 13.0. The van der Waals surface area contributed by atoms with Crippen molar-refractivity contribution in [3.8, 4) is 0 Å². The van der Waals surface area contributed by atoms with E-state index in [1.807, 2.05) is 0 Å². The lowest BCUT2D eigenvalue weighted by atomic mass is 9.95. The largest absolute Gasteiger partial charge is 0.465 e. The van der Waals surface area contributed by atoms with E-state index in [9.17, 15) is 9.90 Å². The Kier molecular flexibility index (Phi) is 3.23. The average Bonchev–Trinajstić information content (AvgIpc) is 2.98. The summed E-state index contributed by atoms with van der Waals surface area (Å²) in [6, 6.07) is 6.94. The zero-order chi connectivity index (χ0) is 18.1. The number of hydrogen-bond donors (Lipinski definition) is 1. The van der Waals surface area contributed by atoms with E-state index in [0.717, 1.165) is 17.3 Å². The van der Waals surface area contributed by atoms with Crippen molar-refractivity contribution < 1.29 is 32.7 Å². The number of piperidine rings is 1. The molecule has 2 aromatic rings. The van der Waals surface area contributed by atoms with Crippen molar-refractivity contribution in [2.24, 2.45) is 0 Å². The number of nitrogens with zero attached hydrogens (tertiary/aromatic N) is 1. The minimum absolute atomic E-state index is 0.0820. The summed E-state index contributed by atoms with van der Waals surface area (Å²) in [7, 11) is 4.43. The van der Waals surface area contributed by atoms with Crippen LogP contribution < -0.4 is 0 Å². The molecule has 3 aliphatic heterocycles. The molecule has 0 aromatic carbocycles. The summed E-state index contributed by atoms with van der Waals surface area (Å²) in [5, 5.41) is 11.2. The van der Waals surface area contributed by atoms with Crippen LogP contribution in [-0.4, -0.2) is 60.0 Å². The molecule has 0 saturated carbocycles. The third kappa shape index (κ3) is 2.08. The van der Waals surface area contributed by atoms with Gasteiger partial charge in [-0.3, -0.25) is 0 Å². The number of likely N-dealkylation sites (N-methyl/N-ethyl adjacent to an activating group) is 1. The number of aliphatic hydroxyl groups is 1. The number of morpholine rings is 1. The number of rotatable bonds is 4. The molecule has 7 heteroatoms. The Balaban J connectivity index is 1.40. The van der Waals surface area contributed by atoms with Gasteiger partial charge in [-0.25, -0.2) is 4.79 Å². The van der Waals surface area contributed by atoms with Gasteiger partial charge in [0.1, 0.15) is 30.4 Å². The molecule has 3 fully saturated rings. The molecule has 0 aliphatic carbocycles. The summed E-state index contributed by atoms with van der Waals surface area (Å²) < 4.78 is 23.1. The van der Waals surface area contributed by atoms with Gasteiger partial charge in [0.2, 0.25) is 0 Å². The predicted octanol–water partition coefficient (Wildman–Crippen LogP) is 1.41. The first-order valence-corrected chi connectivity index (χ1v) is 8.92. The van der Waals surface area contributed by atoms with Crippen LogP contribution in [0.4, 0.5) is 0 Å². The maximum atomic E-state index is 13.0. The van der Waals surface area contributed by atoms with E-state index in [2.05, 4.69) is 14.1 Å². The molecule has 4 unspecified atom stereocenters. The number of epoxide rings is 1. The monoisotopic (exact) mass is 360 g/mol. The summed E-state index contributed by atoms with van der Waals surface area (Å²) in [6.07, 6.45) is 4.55. The Morgan fingerprint density at radius 2 is 1.65 bits per heavy atom. The third-order valence-electron chi connectivity index (χ3n) is 6.36. The van der Waals surface area contributed by atoms with Gasteiger partial charge >= 0.3 is 5.97 Å². The summed E-state index contributed by atoms with van der Waals surface area (Å²) >= 11 is 0. The highest BCUT2D eigenvalue weighted by molar-refractivity contribution is 5.83. The molecule has 2 aromatic heterocycles. The molecule has 3 aliphatic rings. The van der Waals surface area contributed by atoms with Gasteiger partial charge in [0.05, 0.1) is 26.6 Å². The van der Waals surface area contributed by atoms with Crippen LogP contribution in [0.2, 0.25) is 0 Å². The molecule has 5 rings (SSSR count). The number of carbonyl (C=O) groups excluding carboxylic acids is 1. The molecule has 7 nitrogen and oxygen atoms in total. The van der Waals surface area contributed by atoms with Crippen LogP contribution in [0.3, 0.4) is 0 Å². The van der Waals surface area contributed by atoms with Gasteiger partial charge in [0.15, 0.2) is 11.5 Å².